The first-order valence-electron chi connectivity index (χ1n) is 1.90. The van der Waals surface area contributed by atoms with Gasteiger partial charge in [-0.15, -0.1) is 0 Å². The maximum atomic E-state index is 9.83. The maximum Gasteiger partial charge on any atom is 0.312 e. The van der Waals surface area contributed by atoms with Crippen LogP contribution in [0.25, 0.3) is 0 Å². The van der Waals surface area contributed by atoms with E-state index in [-0.39, 0.29) is 10.7 Å². The van der Waals surface area contributed by atoms with Gasteiger partial charge in [0.1, 0.15) is 5.21 Å². The Hall–Kier alpha value is -1.73. The van der Waals surface area contributed by atoms with Crippen molar-refractivity contribution in [3.8, 4) is 0 Å². The number of rotatable bonds is 1. The highest BCUT2D eigenvalue weighted by atomic mass is 16.7. The number of nitrogens with two attached hydrogens (primary N) is 1. The van der Waals surface area contributed by atoms with E-state index in [1.807, 2.05) is 0 Å². The summed E-state index contributed by atoms with van der Waals surface area (Å²) in [6.45, 7) is 0. The average Bonchev–Trinajstić information content (AvgIpc) is 2.13. The lowest BCUT2D eigenvalue weighted by Gasteiger charge is -1.86. The fourth-order valence-electron chi connectivity index (χ4n) is 0.306. The molecule has 1 aromatic rings. The van der Waals surface area contributed by atoms with Gasteiger partial charge in [-0.2, -0.15) is 0 Å². The molecule has 0 saturated heterocycles. The molecule has 0 saturated carbocycles. The Labute approximate surface area is 48.4 Å². The minimum atomic E-state index is -0.824. The van der Waals surface area contributed by atoms with E-state index in [0.29, 0.717) is 0 Å². The molecule has 0 aromatic carbocycles. The van der Waals surface area contributed by atoms with Gasteiger partial charge in [0.15, 0.2) is 0 Å². The van der Waals surface area contributed by atoms with Crippen molar-refractivity contribution in [3.63, 3.8) is 0 Å². The third kappa shape index (κ3) is 0.759. The second-order valence-electron chi connectivity index (χ2n) is 1.16. The van der Waals surface area contributed by atoms with Gasteiger partial charge in [0.05, 0.1) is 9.82 Å². The van der Waals surface area contributed by atoms with Gasteiger partial charge in [-0.25, -0.2) is 0 Å². The van der Waals surface area contributed by atoms with Crippen molar-refractivity contribution in [1.82, 2.24) is 20.3 Å². The number of hydrogen-bond acceptors (Lipinski definition) is 6. The van der Waals surface area contributed by atoms with Gasteiger partial charge in [-0.3, -0.25) is 0 Å². The highest BCUT2D eigenvalue weighted by Crippen LogP contribution is 1.87. The molecule has 0 aliphatic heterocycles. The lowest BCUT2D eigenvalue weighted by Crippen LogP contribution is -2.13. The molecule has 1 heterocycles. The highest BCUT2D eigenvalue weighted by molar-refractivity contribution is 5.07. The molecule has 2 N–H and O–H groups in total. The van der Waals surface area contributed by atoms with Crippen molar-refractivity contribution >= 4 is 5.95 Å². The van der Waals surface area contributed by atoms with Crippen LogP contribution in [-0.4, -0.2) is 25.3 Å². The Morgan fingerprint density at radius 2 is 2.44 bits per heavy atom. The van der Waals surface area contributed by atoms with Crippen molar-refractivity contribution in [2.45, 2.75) is 0 Å². The second-order valence-corrected chi connectivity index (χ2v) is 1.16. The summed E-state index contributed by atoms with van der Waals surface area (Å²) in [7, 11) is 0. The number of hydrogen-bond donors (Lipinski definition) is 1. The van der Waals surface area contributed by atoms with Crippen LogP contribution in [0, 0.1) is 10.1 Å². The quantitative estimate of drug-likeness (QED) is 0.358. The van der Waals surface area contributed by atoms with E-state index in [0.717, 1.165) is 0 Å². The standard InChI is InChI=1S/CH2N6O2/c2-1-3-4-5-6(1)7(8)9/h(H2,2,3,5). The second kappa shape index (κ2) is 1.65. The summed E-state index contributed by atoms with van der Waals surface area (Å²) in [4.78, 5) is 10.1. The molecule has 1 rings (SSSR count). The summed E-state index contributed by atoms with van der Waals surface area (Å²) in [6.07, 6.45) is 0. The smallest absolute Gasteiger partial charge is 0.312 e. The first-order valence-corrected chi connectivity index (χ1v) is 1.90. The van der Waals surface area contributed by atoms with Gasteiger partial charge >= 0.3 is 5.95 Å². The van der Waals surface area contributed by atoms with Gasteiger partial charge in [-0.05, 0) is 0 Å². The Kier molecular flexibility index (Phi) is 0.992. The molecule has 0 unspecified atom stereocenters. The monoisotopic (exact) mass is 130 g/mol. The normalized spacial score (nSPS) is 9.33. The lowest BCUT2D eigenvalue weighted by molar-refractivity contribution is -0.551. The number of nitro groups is 1. The first-order chi connectivity index (χ1) is 4.22. The van der Waals surface area contributed by atoms with Crippen LogP contribution in [0.3, 0.4) is 0 Å². The predicted octanol–water partition coefficient (Wildman–Crippen LogP) is -1.70. The van der Waals surface area contributed by atoms with Crippen LogP contribution in [0.5, 0.6) is 0 Å². The fraction of sp³-hybridized carbons (Fsp3) is 0. The zero-order valence-electron chi connectivity index (χ0n) is 4.13. The van der Waals surface area contributed by atoms with Crippen LogP contribution in [0.4, 0.5) is 5.95 Å². The van der Waals surface area contributed by atoms with Gasteiger partial charge in [0.2, 0.25) is 5.21 Å². The lowest BCUT2D eigenvalue weighted by atomic mass is 11.1. The number of anilines is 1. The Morgan fingerprint density at radius 3 is 2.67 bits per heavy atom. The van der Waals surface area contributed by atoms with E-state index in [1.165, 1.54) is 0 Å². The first kappa shape index (κ1) is 5.41. The van der Waals surface area contributed by atoms with E-state index in [9.17, 15) is 10.1 Å². The van der Waals surface area contributed by atoms with Crippen molar-refractivity contribution < 1.29 is 5.03 Å². The zero-order valence-corrected chi connectivity index (χ0v) is 4.13. The van der Waals surface area contributed by atoms with Gasteiger partial charge in [0, 0.05) is 0 Å². The van der Waals surface area contributed by atoms with Crippen molar-refractivity contribution in [2.24, 2.45) is 0 Å². The minimum Gasteiger partial charge on any atom is -0.362 e. The SMILES string of the molecule is Nc1nnnn1[N+](=O)[O-]. The van der Waals surface area contributed by atoms with Crippen molar-refractivity contribution in [1.29, 1.82) is 0 Å². The van der Waals surface area contributed by atoms with E-state index >= 15 is 0 Å². The third-order valence-electron chi connectivity index (χ3n) is 0.631. The molecular weight excluding hydrogens is 128 g/mol. The number of nitrogens with zero attached hydrogens (tertiary/aromatic N) is 5. The molecule has 0 aliphatic carbocycles. The molecule has 0 bridgehead atoms. The van der Waals surface area contributed by atoms with E-state index in [2.05, 4.69) is 15.5 Å². The molecule has 0 aliphatic rings. The fourth-order valence-corrected chi connectivity index (χ4v) is 0.306. The molecule has 0 fully saturated rings. The Morgan fingerprint density at radius 1 is 1.78 bits per heavy atom. The summed E-state index contributed by atoms with van der Waals surface area (Å²) < 4.78 is 0. The molecule has 9 heavy (non-hydrogen) atoms. The Balaban J connectivity index is 3.08. The number of nitrogen functional groups attached to an aromatic ring is 1. The largest absolute Gasteiger partial charge is 0.362 e. The molecule has 8 heteroatoms. The van der Waals surface area contributed by atoms with Crippen molar-refractivity contribution in [3.05, 3.63) is 10.1 Å². The summed E-state index contributed by atoms with van der Waals surface area (Å²) in [5, 5.41) is 18.0. The topological polar surface area (TPSA) is 113 Å². The summed E-state index contributed by atoms with van der Waals surface area (Å²) in [5.74, 6) is -0.333. The molecule has 1 aromatic heterocycles. The molecule has 8 nitrogen and oxygen atoms in total. The molecule has 0 spiro atoms. The van der Waals surface area contributed by atoms with E-state index in [4.69, 9.17) is 5.73 Å². The highest BCUT2D eigenvalue weighted by Gasteiger charge is 2.09. The van der Waals surface area contributed by atoms with Crippen LogP contribution in [0.1, 0.15) is 0 Å². The third-order valence-corrected chi connectivity index (χ3v) is 0.631. The number of tetrazole rings is 1. The van der Waals surface area contributed by atoms with Crippen LogP contribution in [0.2, 0.25) is 0 Å². The van der Waals surface area contributed by atoms with E-state index in [1.54, 1.807) is 0 Å². The molecule has 0 amide bonds. The zero-order chi connectivity index (χ0) is 6.85. The Bertz CT molecular complexity index is 227. The molecule has 48 valence electrons. The van der Waals surface area contributed by atoms with Crippen LogP contribution in [-0.2, 0) is 0 Å². The van der Waals surface area contributed by atoms with Gasteiger partial charge < -0.3 is 15.8 Å². The number of aromatic nitrogens is 4. The van der Waals surface area contributed by atoms with Crippen molar-refractivity contribution in [2.75, 3.05) is 5.73 Å². The maximum absolute atomic E-state index is 9.83. The summed E-state index contributed by atoms with van der Waals surface area (Å²) in [5.41, 5.74) is 4.93. The van der Waals surface area contributed by atoms with Crippen LogP contribution >= 0.6 is 0 Å². The molecule has 0 atom stereocenters. The van der Waals surface area contributed by atoms with Crippen LogP contribution in [0.15, 0.2) is 0 Å². The predicted molar refractivity (Wildman–Crippen MR) is 24.6 cm³/mol. The summed E-state index contributed by atoms with van der Waals surface area (Å²) in [6, 6.07) is 0. The van der Waals surface area contributed by atoms with Crippen LogP contribution < -0.4 is 5.73 Å². The van der Waals surface area contributed by atoms with Gasteiger partial charge in [0.25, 0.3) is 0 Å². The molecule has 0 radical (unpaired) electrons. The van der Waals surface area contributed by atoms with E-state index < -0.39 is 5.03 Å². The average molecular weight is 130 g/mol. The summed E-state index contributed by atoms with van der Waals surface area (Å²) >= 11 is 0. The molecular formula is CH2N6O2. The van der Waals surface area contributed by atoms with Gasteiger partial charge in [-0.1, -0.05) is 5.10 Å². The minimum absolute atomic E-state index is 0.278.